The van der Waals surface area contributed by atoms with E-state index >= 15 is 0 Å². The molecule has 1 saturated heterocycles. The average molecular weight is 940 g/mol. The molecule has 14 nitrogen and oxygen atoms in total. The Morgan fingerprint density at radius 2 is 1.51 bits per heavy atom. The average Bonchev–Trinajstić information content (AvgIpc) is 4.16. The second kappa shape index (κ2) is 22.9. The molecule has 15 heteroatoms. The largest absolute Gasteiger partial charge is 0.491 e. The number of nitrogens with one attached hydrogen (secondary N) is 3. The summed E-state index contributed by atoms with van der Waals surface area (Å²) in [5, 5.41) is 13.5. The number of aromatic nitrogens is 4. The zero-order valence-electron chi connectivity index (χ0n) is 38.9. The molecule has 2 aliphatic rings. The Bertz CT molecular complexity index is 2770. The van der Waals surface area contributed by atoms with Gasteiger partial charge in [-0.2, -0.15) is 0 Å². The number of hydrogen-bond acceptors (Lipinski definition) is 12. The van der Waals surface area contributed by atoms with Gasteiger partial charge in [-0.1, -0.05) is 55.7 Å². The van der Waals surface area contributed by atoms with Crippen LogP contribution >= 0.6 is 11.3 Å². The first-order valence-electron chi connectivity index (χ1n) is 24.0. The molecule has 1 aliphatic heterocycles. The summed E-state index contributed by atoms with van der Waals surface area (Å²) in [6.45, 7) is 5.93. The topological polar surface area (TPSA) is 162 Å². The zero-order chi connectivity index (χ0) is 46.7. The Kier molecular flexibility index (Phi) is 15.9. The van der Waals surface area contributed by atoms with Crippen molar-refractivity contribution in [2.45, 2.75) is 70.0 Å². The maximum atomic E-state index is 14.3. The second-order valence-electron chi connectivity index (χ2n) is 17.5. The maximum absolute atomic E-state index is 14.3. The number of likely N-dealkylation sites (tertiary alicyclic amines) is 1. The molecule has 3 N–H and O–H groups in total. The molecule has 2 fully saturated rings. The van der Waals surface area contributed by atoms with E-state index in [-0.39, 0.29) is 29.8 Å². The van der Waals surface area contributed by atoms with Gasteiger partial charge in [0.05, 0.1) is 57.4 Å². The molecule has 5 heterocycles. The van der Waals surface area contributed by atoms with E-state index in [2.05, 4.69) is 67.4 Å². The number of likely N-dealkylation sites (N-methyl/N-ethyl adjacent to an activating group) is 1. The van der Waals surface area contributed by atoms with Gasteiger partial charge in [0.25, 0.3) is 0 Å². The van der Waals surface area contributed by atoms with Gasteiger partial charge in [-0.05, 0) is 86.9 Å². The van der Waals surface area contributed by atoms with Crippen molar-refractivity contribution in [3.05, 3.63) is 102 Å². The number of amides is 2. The lowest BCUT2D eigenvalue weighted by Crippen LogP contribution is -2.55. The molecule has 3 atom stereocenters. The first-order chi connectivity index (χ1) is 33.4. The van der Waals surface area contributed by atoms with Crippen LogP contribution in [0.25, 0.3) is 55.0 Å². The van der Waals surface area contributed by atoms with Gasteiger partial charge < -0.3 is 44.2 Å². The molecule has 0 bridgehead atoms. The summed E-state index contributed by atoms with van der Waals surface area (Å²) in [5.74, 6) is 1.36. The smallest absolute Gasteiger partial charge is 0.246 e. The lowest BCUT2D eigenvalue weighted by Gasteiger charge is -2.35. The first kappa shape index (κ1) is 47.1. The van der Waals surface area contributed by atoms with E-state index in [9.17, 15) is 9.59 Å². The third-order valence-electron chi connectivity index (χ3n) is 13.2. The van der Waals surface area contributed by atoms with Gasteiger partial charge in [-0.3, -0.25) is 14.6 Å². The van der Waals surface area contributed by atoms with E-state index in [4.69, 9.17) is 28.7 Å². The van der Waals surface area contributed by atoms with Crippen LogP contribution in [0.5, 0.6) is 11.6 Å². The fourth-order valence-electron chi connectivity index (χ4n) is 9.43. The summed E-state index contributed by atoms with van der Waals surface area (Å²) < 4.78 is 29.2. The van der Waals surface area contributed by atoms with Gasteiger partial charge in [0.2, 0.25) is 17.7 Å². The quantitative estimate of drug-likeness (QED) is 0.0557. The molecule has 2 amide bonds. The Morgan fingerprint density at radius 1 is 0.765 bits per heavy atom. The number of benzene rings is 3. The summed E-state index contributed by atoms with van der Waals surface area (Å²) in [6.07, 6.45) is 12.5. The fraction of sp³-hybridized carbons (Fsp3) is 0.415. The highest BCUT2D eigenvalue weighted by Gasteiger charge is 2.40. The van der Waals surface area contributed by atoms with E-state index in [1.807, 2.05) is 60.6 Å². The molecular formula is C53H61N7O7S. The lowest BCUT2D eigenvalue weighted by molar-refractivity contribution is -0.139. The number of carbonyl (C=O) groups is 2. The van der Waals surface area contributed by atoms with E-state index < -0.39 is 6.04 Å². The normalized spacial score (nSPS) is 16.4. The number of pyridine rings is 2. The standard InChI is InChI=1S/C53H61N7O7S/c1-35(54-2)51(61)59-50(36-9-4-3-5-10-36)53(62)60-22-8-13-47(60)52-58-46(34-68-52)40-17-18-48(42-12-7-6-11-39(40)42)66-29-27-64-25-23-63-24-26-65-28-30-67-49-19-15-38(32-56-49)37-14-16-41-43-33-55-21-20-44(43)57-45(41)31-37/h6-7,11-12,14-21,31-36,47,50,54,57H,3-5,8-10,13,22-30H2,1-2H3,(H,59,61)/t35?,47?,50-/m0/s1. The molecule has 1 aliphatic carbocycles. The van der Waals surface area contributed by atoms with Crippen LogP contribution in [-0.2, 0) is 23.8 Å². The van der Waals surface area contributed by atoms with Crippen LogP contribution in [0.2, 0.25) is 0 Å². The highest BCUT2D eigenvalue weighted by molar-refractivity contribution is 7.10. The number of rotatable bonds is 22. The van der Waals surface area contributed by atoms with Gasteiger partial charge in [0, 0.05) is 74.9 Å². The molecule has 7 aromatic rings. The maximum Gasteiger partial charge on any atom is 0.246 e. The molecule has 2 unspecified atom stereocenters. The van der Waals surface area contributed by atoms with Crippen LogP contribution in [0.1, 0.15) is 62.9 Å². The summed E-state index contributed by atoms with van der Waals surface area (Å²) in [4.78, 5) is 46.7. The van der Waals surface area contributed by atoms with E-state index in [1.165, 1.54) is 6.42 Å². The van der Waals surface area contributed by atoms with Gasteiger partial charge in [-0.25, -0.2) is 9.97 Å². The molecule has 0 radical (unpaired) electrons. The van der Waals surface area contributed by atoms with Crippen LogP contribution in [-0.4, -0.2) is 115 Å². The van der Waals surface area contributed by atoms with E-state index in [0.29, 0.717) is 65.3 Å². The van der Waals surface area contributed by atoms with Gasteiger partial charge in [0.1, 0.15) is 30.0 Å². The second-order valence-corrected chi connectivity index (χ2v) is 18.4. The number of nitrogens with zero attached hydrogens (tertiary/aromatic N) is 4. The molecule has 356 valence electrons. The molecule has 9 rings (SSSR count). The van der Waals surface area contributed by atoms with Crippen LogP contribution in [0, 0.1) is 5.92 Å². The van der Waals surface area contributed by atoms with Crippen LogP contribution < -0.4 is 20.1 Å². The molecular weight excluding hydrogens is 879 g/mol. The van der Waals surface area contributed by atoms with Crippen molar-refractivity contribution in [2.75, 3.05) is 66.4 Å². The van der Waals surface area contributed by atoms with E-state index in [1.54, 1.807) is 24.6 Å². The number of hydrogen-bond donors (Lipinski definition) is 3. The number of aromatic amines is 1. The summed E-state index contributed by atoms with van der Waals surface area (Å²) in [6, 6.07) is 23.5. The Balaban J connectivity index is 0.679. The number of ether oxygens (including phenoxy) is 5. The van der Waals surface area contributed by atoms with Crippen molar-refractivity contribution in [3.63, 3.8) is 0 Å². The highest BCUT2D eigenvalue weighted by atomic mass is 32.1. The number of carbonyl (C=O) groups excluding carboxylic acids is 2. The third-order valence-corrected chi connectivity index (χ3v) is 14.1. The summed E-state index contributed by atoms with van der Waals surface area (Å²) in [5.41, 5.74) is 6.11. The van der Waals surface area contributed by atoms with Crippen molar-refractivity contribution in [1.82, 2.24) is 35.5 Å². The molecule has 4 aromatic heterocycles. The lowest BCUT2D eigenvalue weighted by atomic mass is 9.83. The van der Waals surface area contributed by atoms with Crippen molar-refractivity contribution in [2.24, 2.45) is 5.92 Å². The Morgan fingerprint density at radius 3 is 2.28 bits per heavy atom. The predicted octanol–water partition coefficient (Wildman–Crippen LogP) is 8.90. The van der Waals surface area contributed by atoms with Crippen LogP contribution in [0.4, 0.5) is 0 Å². The van der Waals surface area contributed by atoms with Crippen molar-refractivity contribution >= 4 is 55.7 Å². The van der Waals surface area contributed by atoms with Crippen molar-refractivity contribution < 1.29 is 33.3 Å². The Labute approximate surface area is 401 Å². The van der Waals surface area contributed by atoms with Crippen LogP contribution in [0.3, 0.4) is 0 Å². The SMILES string of the molecule is CNC(C)C(=O)N[C@H](C(=O)N1CCCC1c1nc(-c2ccc(OCCOCCOCCOCCOc3ccc(-c4ccc5c(c4)[nH]c4ccncc45)cn3)c3ccccc23)cs1)C1CCCCC1. The minimum atomic E-state index is -0.522. The monoisotopic (exact) mass is 939 g/mol. The summed E-state index contributed by atoms with van der Waals surface area (Å²) in [7, 11) is 1.77. The van der Waals surface area contributed by atoms with E-state index in [0.717, 1.165) is 104 Å². The Hall–Kier alpha value is -5.97. The van der Waals surface area contributed by atoms with Crippen molar-refractivity contribution in [3.8, 4) is 34.0 Å². The van der Waals surface area contributed by atoms with Gasteiger partial charge in [0.15, 0.2) is 0 Å². The van der Waals surface area contributed by atoms with Crippen LogP contribution in [0.15, 0.2) is 96.8 Å². The zero-order valence-corrected chi connectivity index (χ0v) is 39.7. The molecule has 3 aromatic carbocycles. The fourth-order valence-corrected chi connectivity index (χ4v) is 10.4. The third kappa shape index (κ3) is 11.1. The molecule has 68 heavy (non-hydrogen) atoms. The number of fused-ring (bicyclic) bond motifs is 4. The minimum absolute atomic E-state index is 0.0202. The predicted molar refractivity (Wildman–Crippen MR) is 266 cm³/mol. The first-order valence-corrected chi connectivity index (χ1v) is 24.9. The molecule has 1 saturated carbocycles. The number of H-pyrrole nitrogens is 1. The van der Waals surface area contributed by atoms with Crippen molar-refractivity contribution in [1.29, 1.82) is 0 Å². The van der Waals surface area contributed by atoms with Gasteiger partial charge >= 0.3 is 0 Å². The molecule has 0 spiro atoms. The minimum Gasteiger partial charge on any atom is -0.491 e. The number of thiazole rings is 1. The van der Waals surface area contributed by atoms with Gasteiger partial charge in [-0.15, -0.1) is 11.3 Å². The summed E-state index contributed by atoms with van der Waals surface area (Å²) >= 11 is 1.60. The highest BCUT2D eigenvalue weighted by Crippen LogP contribution is 2.40.